The third kappa shape index (κ3) is 3.17. The van der Waals surface area contributed by atoms with E-state index in [-0.39, 0.29) is 6.10 Å². The van der Waals surface area contributed by atoms with Crippen LogP contribution in [0.1, 0.15) is 24.2 Å². The molecule has 0 heterocycles. The first-order valence-electron chi connectivity index (χ1n) is 4.65. The standard InChI is InChI=1S/C11H17NO/c1-9(13)11-5-3-4-10(8-11)6-7-12-2/h3-5,8-9,12-13H,6-7H2,1-2H3. The van der Waals surface area contributed by atoms with Crippen LogP contribution >= 0.6 is 0 Å². The fourth-order valence-corrected chi connectivity index (χ4v) is 1.28. The summed E-state index contributed by atoms with van der Waals surface area (Å²) in [5, 5.41) is 12.5. The van der Waals surface area contributed by atoms with E-state index in [9.17, 15) is 5.11 Å². The van der Waals surface area contributed by atoms with Gasteiger partial charge in [0.2, 0.25) is 0 Å². The van der Waals surface area contributed by atoms with Crippen LogP contribution < -0.4 is 5.32 Å². The molecule has 0 aliphatic rings. The minimum Gasteiger partial charge on any atom is -0.389 e. The van der Waals surface area contributed by atoms with Gasteiger partial charge < -0.3 is 10.4 Å². The predicted octanol–water partition coefficient (Wildman–Crippen LogP) is 1.50. The molecule has 0 aliphatic carbocycles. The van der Waals surface area contributed by atoms with E-state index in [4.69, 9.17) is 0 Å². The molecule has 1 unspecified atom stereocenters. The molecule has 0 bridgehead atoms. The zero-order chi connectivity index (χ0) is 9.68. The van der Waals surface area contributed by atoms with Crippen LogP contribution in [0.4, 0.5) is 0 Å². The Morgan fingerprint density at radius 1 is 1.46 bits per heavy atom. The van der Waals surface area contributed by atoms with Gasteiger partial charge in [-0.2, -0.15) is 0 Å². The lowest BCUT2D eigenvalue weighted by molar-refractivity contribution is 0.199. The fraction of sp³-hybridized carbons (Fsp3) is 0.455. The maximum atomic E-state index is 9.36. The van der Waals surface area contributed by atoms with Crippen molar-refractivity contribution in [1.82, 2.24) is 5.32 Å². The normalized spacial score (nSPS) is 12.8. The van der Waals surface area contributed by atoms with Crippen molar-refractivity contribution in [2.75, 3.05) is 13.6 Å². The Balaban J connectivity index is 2.68. The lowest BCUT2D eigenvalue weighted by atomic mass is 10.1. The van der Waals surface area contributed by atoms with E-state index in [0.717, 1.165) is 18.5 Å². The number of aliphatic hydroxyl groups excluding tert-OH is 1. The molecule has 0 saturated carbocycles. The Bertz CT molecular complexity index is 258. The van der Waals surface area contributed by atoms with Gasteiger partial charge in [0.15, 0.2) is 0 Å². The number of aliphatic hydroxyl groups is 1. The Morgan fingerprint density at radius 3 is 2.85 bits per heavy atom. The van der Waals surface area contributed by atoms with Gasteiger partial charge in [0.25, 0.3) is 0 Å². The number of hydrogen-bond donors (Lipinski definition) is 2. The summed E-state index contributed by atoms with van der Waals surface area (Å²) >= 11 is 0. The largest absolute Gasteiger partial charge is 0.389 e. The summed E-state index contributed by atoms with van der Waals surface area (Å²) in [6, 6.07) is 8.09. The molecule has 2 heteroatoms. The summed E-state index contributed by atoms with van der Waals surface area (Å²) < 4.78 is 0. The van der Waals surface area contributed by atoms with Gasteiger partial charge in [0.05, 0.1) is 6.10 Å². The minimum absolute atomic E-state index is 0.366. The molecule has 0 aromatic heterocycles. The topological polar surface area (TPSA) is 32.3 Å². The number of hydrogen-bond acceptors (Lipinski definition) is 2. The van der Waals surface area contributed by atoms with E-state index in [1.807, 2.05) is 19.2 Å². The molecule has 1 atom stereocenters. The molecule has 13 heavy (non-hydrogen) atoms. The first-order chi connectivity index (χ1) is 6.24. The number of likely N-dealkylation sites (N-methyl/N-ethyl adjacent to an activating group) is 1. The van der Waals surface area contributed by atoms with Gasteiger partial charge in [-0.15, -0.1) is 0 Å². The third-order valence-corrected chi connectivity index (χ3v) is 2.10. The van der Waals surface area contributed by atoms with Crippen LogP contribution in [0.15, 0.2) is 24.3 Å². The van der Waals surface area contributed by atoms with Gasteiger partial charge in [0, 0.05) is 0 Å². The first-order valence-corrected chi connectivity index (χ1v) is 4.65. The van der Waals surface area contributed by atoms with Gasteiger partial charge in [0.1, 0.15) is 0 Å². The van der Waals surface area contributed by atoms with E-state index in [2.05, 4.69) is 17.4 Å². The van der Waals surface area contributed by atoms with Crippen molar-refractivity contribution >= 4 is 0 Å². The van der Waals surface area contributed by atoms with Crippen LogP contribution in [0, 0.1) is 0 Å². The summed E-state index contributed by atoms with van der Waals surface area (Å²) in [6.45, 7) is 2.76. The summed E-state index contributed by atoms with van der Waals surface area (Å²) in [5.41, 5.74) is 2.27. The molecule has 2 N–H and O–H groups in total. The lowest BCUT2D eigenvalue weighted by Crippen LogP contribution is -2.10. The van der Waals surface area contributed by atoms with Crippen LogP contribution in [0.25, 0.3) is 0 Å². The molecule has 1 rings (SSSR count). The molecule has 0 fully saturated rings. The summed E-state index contributed by atoms with van der Waals surface area (Å²) in [5.74, 6) is 0. The summed E-state index contributed by atoms with van der Waals surface area (Å²) in [7, 11) is 1.94. The second-order valence-electron chi connectivity index (χ2n) is 3.27. The highest BCUT2D eigenvalue weighted by molar-refractivity contribution is 5.25. The highest BCUT2D eigenvalue weighted by Crippen LogP contribution is 2.13. The van der Waals surface area contributed by atoms with E-state index in [0.29, 0.717) is 0 Å². The second kappa shape index (κ2) is 5.00. The van der Waals surface area contributed by atoms with Crippen molar-refractivity contribution < 1.29 is 5.11 Å². The molecule has 0 radical (unpaired) electrons. The highest BCUT2D eigenvalue weighted by atomic mass is 16.3. The van der Waals surface area contributed by atoms with E-state index >= 15 is 0 Å². The first kappa shape index (κ1) is 10.2. The Kier molecular flexibility index (Phi) is 3.93. The van der Waals surface area contributed by atoms with E-state index < -0.39 is 0 Å². The highest BCUT2D eigenvalue weighted by Gasteiger charge is 2.00. The number of nitrogens with one attached hydrogen (secondary N) is 1. The molecule has 72 valence electrons. The lowest BCUT2D eigenvalue weighted by Gasteiger charge is -2.07. The van der Waals surface area contributed by atoms with Crippen molar-refractivity contribution in [1.29, 1.82) is 0 Å². The predicted molar refractivity (Wildman–Crippen MR) is 54.7 cm³/mol. The van der Waals surface area contributed by atoms with Crippen molar-refractivity contribution in [3.8, 4) is 0 Å². The van der Waals surface area contributed by atoms with Crippen molar-refractivity contribution in [3.63, 3.8) is 0 Å². The molecule has 0 spiro atoms. The van der Waals surface area contributed by atoms with Gasteiger partial charge in [-0.05, 0) is 38.1 Å². The van der Waals surface area contributed by atoms with Crippen molar-refractivity contribution in [3.05, 3.63) is 35.4 Å². The number of benzene rings is 1. The summed E-state index contributed by atoms with van der Waals surface area (Å²) in [6.07, 6.45) is 0.645. The minimum atomic E-state index is -0.366. The Morgan fingerprint density at radius 2 is 2.23 bits per heavy atom. The molecule has 0 amide bonds. The number of rotatable bonds is 4. The zero-order valence-electron chi connectivity index (χ0n) is 8.25. The average molecular weight is 179 g/mol. The van der Waals surface area contributed by atoms with Crippen LogP contribution in [0.2, 0.25) is 0 Å². The van der Waals surface area contributed by atoms with Crippen LogP contribution in [0.3, 0.4) is 0 Å². The van der Waals surface area contributed by atoms with E-state index in [1.165, 1.54) is 5.56 Å². The second-order valence-corrected chi connectivity index (χ2v) is 3.27. The van der Waals surface area contributed by atoms with Crippen LogP contribution in [-0.2, 0) is 6.42 Å². The molecule has 1 aromatic rings. The Labute approximate surface area is 79.6 Å². The SMILES string of the molecule is CNCCc1cccc(C(C)O)c1. The van der Waals surface area contributed by atoms with Gasteiger partial charge >= 0.3 is 0 Å². The molecule has 1 aromatic carbocycles. The Hall–Kier alpha value is -0.860. The molecule has 0 saturated heterocycles. The van der Waals surface area contributed by atoms with Gasteiger partial charge in [-0.3, -0.25) is 0 Å². The maximum Gasteiger partial charge on any atom is 0.0762 e. The van der Waals surface area contributed by atoms with Crippen molar-refractivity contribution in [2.24, 2.45) is 0 Å². The maximum absolute atomic E-state index is 9.36. The fourth-order valence-electron chi connectivity index (χ4n) is 1.28. The zero-order valence-corrected chi connectivity index (χ0v) is 8.25. The monoisotopic (exact) mass is 179 g/mol. The quantitative estimate of drug-likeness (QED) is 0.734. The van der Waals surface area contributed by atoms with Crippen LogP contribution in [-0.4, -0.2) is 18.7 Å². The van der Waals surface area contributed by atoms with Crippen LogP contribution in [0.5, 0.6) is 0 Å². The average Bonchev–Trinajstić information content (AvgIpc) is 2.15. The third-order valence-electron chi connectivity index (χ3n) is 2.10. The van der Waals surface area contributed by atoms with Gasteiger partial charge in [-0.25, -0.2) is 0 Å². The molecule has 2 nitrogen and oxygen atoms in total. The smallest absolute Gasteiger partial charge is 0.0762 e. The molecular weight excluding hydrogens is 162 g/mol. The van der Waals surface area contributed by atoms with Gasteiger partial charge in [-0.1, -0.05) is 24.3 Å². The van der Waals surface area contributed by atoms with E-state index in [1.54, 1.807) is 6.92 Å². The molecular formula is C11H17NO. The van der Waals surface area contributed by atoms with Crippen molar-refractivity contribution in [2.45, 2.75) is 19.4 Å². The summed E-state index contributed by atoms with van der Waals surface area (Å²) in [4.78, 5) is 0. The molecule has 0 aliphatic heterocycles.